The Balaban J connectivity index is 1.31. The molecule has 2 aliphatic rings. The molecule has 0 saturated carbocycles. The van der Waals surface area contributed by atoms with Crippen molar-refractivity contribution in [3.05, 3.63) is 76.5 Å². The highest BCUT2D eigenvalue weighted by Gasteiger charge is 2.51. The number of rotatable bonds is 7. The average molecular weight is 407 g/mol. The lowest BCUT2D eigenvalue weighted by Gasteiger charge is -2.30. The maximum absolute atomic E-state index is 4.57. The summed E-state index contributed by atoms with van der Waals surface area (Å²) in [5.41, 5.74) is 3.34. The highest BCUT2D eigenvalue weighted by atomic mass is 32.1. The van der Waals surface area contributed by atoms with Gasteiger partial charge in [-0.15, -0.1) is 0 Å². The third-order valence-electron chi connectivity index (χ3n) is 6.93. The SMILES string of the molecule is Cn1ccnc1CN1CC2CN(Cc3ccsc3)CC2(CCc2ccccc2)C1. The monoisotopic (exact) mass is 406 g/mol. The molecule has 5 heteroatoms. The maximum atomic E-state index is 4.57. The molecule has 2 unspecified atom stereocenters. The van der Waals surface area contributed by atoms with E-state index in [4.69, 9.17) is 0 Å². The fourth-order valence-electron chi connectivity index (χ4n) is 5.43. The predicted molar refractivity (Wildman–Crippen MR) is 119 cm³/mol. The number of hydrogen-bond acceptors (Lipinski definition) is 4. The summed E-state index contributed by atoms with van der Waals surface area (Å²) in [4.78, 5) is 9.92. The van der Waals surface area contributed by atoms with E-state index in [0.29, 0.717) is 5.41 Å². The molecular weight excluding hydrogens is 376 g/mol. The van der Waals surface area contributed by atoms with Gasteiger partial charge in [0.1, 0.15) is 5.82 Å². The summed E-state index contributed by atoms with van der Waals surface area (Å²) < 4.78 is 2.16. The number of benzene rings is 1. The van der Waals surface area contributed by atoms with Gasteiger partial charge in [-0.05, 0) is 46.7 Å². The van der Waals surface area contributed by atoms with Crippen LogP contribution in [0.1, 0.15) is 23.4 Å². The van der Waals surface area contributed by atoms with Gasteiger partial charge in [0.05, 0.1) is 6.54 Å². The van der Waals surface area contributed by atoms with Crippen LogP contribution in [0.25, 0.3) is 0 Å². The van der Waals surface area contributed by atoms with E-state index in [1.165, 1.54) is 56.0 Å². The molecule has 2 atom stereocenters. The number of thiophene rings is 1. The Morgan fingerprint density at radius 1 is 1.03 bits per heavy atom. The highest BCUT2D eigenvalue weighted by Crippen LogP contribution is 2.46. The molecule has 4 nitrogen and oxygen atoms in total. The second-order valence-corrected chi connectivity index (χ2v) is 9.75. The van der Waals surface area contributed by atoms with E-state index in [-0.39, 0.29) is 0 Å². The topological polar surface area (TPSA) is 24.3 Å². The van der Waals surface area contributed by atoms with Crippen molar-refractivity contribution in [3.8, 4) is 0 Å². The van der Waals surface area contributed by atoms with Crippen LogP contribution in [-0.4, -0.2) is 45.5 Å². The van der Waals surface area contributed by atoms with Gasteiger partial charge >= 0.3 is 0 Å². The lowest BCUT2D eigenvalue weighted by atomic mass is 9.76. The van der Waals surface area contributed by atoms with Crippen molar-refractivity contribution in [2.75, 3.05) is 26.2 Å². The van der Waals surface area contributed by atoms with Crippen LogP contribution in [0.5, 0.6) is 0 Å². The lowest BCUT2D eigenvalue weighted by Crippen LogP contribution is -2.34. The highest BCUT2D eigenvalue weighted by molar-refractivity contribution is 7.07. The Kier molecular flexibility index (Phi) is 5.29. The number of aromatic nitrogens is 2. The van der Waals surface area contributed by atoms with Gasteiger partial charge in [0.25, 0.3) is 0 Å². The fourth-order valence-corrected chi connectivity index (χ4v) is 6.09. The van der Waals surface area contributed by atoms with Crippen LogP contribution in [0.2, 0.25) is 0 Å². The molecule has 2 fully saturated rings. The molecule has 0 bridgehead atoms. The second kappa shape index (κ2) is 8.05. The summed E-state index contributed by atoms with van der Waals surface area (Å²) in [7, 11) is 2.10. The number of likely N-dealkylation sites (tertiary alicyclic amines) is 2. The Labute approximate surface area is 177 Å². The number of aryl methyl sites for hydroxylation is 2. The van der Waals surface area contributed by atoms with Gasteiger partial charge < -0.3 is 4.57 Å². The van der Waals surface area contributed by atoms with Gasteiger partial charge in [0.15, 0.2) is 0 Å². The maximum Gasteiger partial charge on any atom is 0.122 e. The molecule has 2 aromatic heterocycles. The zero-order valence-electron chi connectivity index (χ0n) is 17.2. The van der Waals surface area contributed by atoms with E-state index in [0.717, 1.165) is 19.0 Å². The molecule has 29 heavy (non-hydrogen) atoms. The molecule has 0 aliphatic carbocycles. The summed E-state index contributed by atoms with van der Waals surface area (Å²) >= 11 is 1.81. The normalized spacial score (nSPS) is 24.9. The Morgan fingerprint density at radius 3 is 2.52 bits per heavy atom. The van der Waals surface area contributed by atoms with Crippen LogP contribution in [0, 0.1) is 11.3 Å². The van der Waals surface area contributed by atoms with Crippen molar-refractivity contribution >= 4 is 11.3 Å². The average Bonchev–Trinajstić information content (AvgIpc) is 3.48. The zero-order valence-corrected chi connectivity index (χ0v) is 18.0. The Morgan fingerprint density at radius 2 is 1.83 bits per heavy atom. The van der Waals surface area contributed by atoms with Gasteiger partial charge in [0.2, 0.25) is 0 Å². The molecule has 4 heterocycles. The van der Waals surface area contributed by atoms with E-state index < -0.39 is 0 Å². The van der Waals surface area contributed by atoms with E-state index in [9.17, 15) is 0 Å². The van der Waals surface area contributed by atoms with Crippen LogP contribution in [0.3, 0.4) is 0 Å². The minimum absolute atomic E-state index is 0.400. The molecule has 2 saturated heterocycles. The number of hydrogen-bond donors (Lipinski definition) is 0. The molecule has 0 N–H and O–H groups in total. The summed E-state index contributed by atoms with van der Waals surface area (Å²) in [5.74, 6) is 1.93. The van der Waals surface area contributed by atoms with Crippen molar-refractivity contribution in [1.82, 2.24) is 19.4 Å². The minimum Gasteiger partial charge on any atom is -0.337 e. The number of fused-ring (bicyclic) bond motifs is 1. The van der Waals surface area contributed by atoms with Gasteiger partial charge in [-0.1, -0.05) is 30.3 Å². The quantitative estimate of drug-likeness (QED) is 0.592. The van der Waals surface area contributed by atoms with E-state index in [1.54, 1.807) is 0 Å². The first kappa shape index (κ1) is 19.0. The minimum atomic E-state index is 0.400. The molecule has 1 aromatic carbocycles. The summed E-state index contributed by atoms with van der Waals surface area (Å²) in [6, 6.07) is 13.3. The van der Waals surface area contributed by atoms with E-state index in [2.05, 4.69) is 79.8 Å². The lowest BCUT2D eigenvalue weighted by molar-refractivity contribution is 0.192. The van der Waals surface area contributed by atoms with Crippen LogP contribution in [0.4, 0.5) is 0 Å². The Bertz CT molecular complexity index is 920. The number of nitrogens with zero attached hydrogens (tertiary/aromatic N) is 4. The van der Waals surface area contributed by atoms with Crippen LogP contribution in [-0.2, 0) is 26.6 Å². The molecule has 152 valence electrons. The molecule has 2 aliphatic heterocycles. The summed E-state index contributed by atoms with van der Waals surface area (Å²) in [5, 5.41) is 4.50. The zero-order chi connectivity index (χ0) is 19.7. The van der Waals surface area contributed by atoms with Crippen molar-refractivity contribution < 1.29 is 0 Å². The van der Waals surface area contributed by atoms with Gasteiger partial charge in [-0.3, -0.25) is 9.80 Å². The van der Waals surface area contributed by atoms with Crippen LogP contribution < -0.4 is 0 Å². The first-order valence-corrected chi connectivity index (χ1v) is 11.6. The Hall–Kier alpha value is -1.95. The van der Waals surface area contributed by atoms with Crippen LogP contribution in [0.15, 0.2) is 59.6 Å². The van der Waals surface area contributed by atoms with Gasteiger partial charge in [-0.25, -0.2) is 4.98 Å². The molecular formula is C24H30N4S. The molecule has 3 aromatic rings. The molecule has 5 rings (SSSR count). The first-order valence-electron chi connectivity index (χ1n) is 10.7. The van der Waals surface area contributed by atoms with Gasteiger partial charge in [-0.2, -0.15) is 11.3 Å². The third kappa shape index (κ3) is 4.04. The predicted octanol–water partition coefficient (Wildman–Crippen LogP) is 4.05. The molecule has 0 amide bonds. The van der Waals surface area contributed by atoms with Crippen molar-refractivity contribution in [2.24, 2.45) is 18.4 Å². The summed E-state index contributed by atoms with van der Waals surface area (Å²) in [6.45, 7) is 6.91. The number of imidazole rings is 1. The third-order valence-corrected chi connectivity index (χ3v) is 7.66. The standard InChI is InChI=1S/C24H30N4S/c1-26-11-10-25-23(26)16-28-15-22-14-27(13-21-8-12-29-17-21)18-24(22,19-28)9-7-20-5-3-2-4-6-20/h2-6,8,10-12,17,22H,7,9,13-16,18-19H2,1H3. The smallest absolute Gasteiger partial charge is 0.122 e. The second-order valence-electron chi connectivity index (χ2n) is 8.97. The first-order chi connectivity index (χ1) is 14.2. The summed E-state index contributed by atoms with van der Waals surface area (Å²) in [6.07, 6.45) is 6.43. The van der Waals surface area contributed by atoms with Gasteiger partial charge in [0, 0.05) is 57.6 Å². The van der Waals surface area contributed by atoms with E-state index >= 15 is 0 Å². The van der Waals surface area contributed by atoms with Crippen molar-refractivity contribution in [2.45, 2.75) is 25.9 Å². The van der Waals surface area contributed by atoms with Crippen LogP contribution >= 0.6 is 11.3 Å². The largest absolute Gasteiger partial charge is 0.337 e. The van der Waals surface area contributed by atoms with Crippen molar-refractivity contribution in [1.29, 1.82) is 0 Å². The molecule has 0 radical (unpaired) electrons. The fraction of sp³-hybridized carbons (Fsp3) is 0.458. The van der Waals surface area contributed by atoms with E-state index in [1.807, 2.05) is 17.5 Å². The van der Waals surface area contributed by atoms with Crippen molar-refractivity contribution in [3.63, 3.8) is 0 Å². The molecule has 0 spiro atoms.